The Hall–Kier alpha value is -4.55. The van der Waals surface area contributed by atoms with Crippen molar-refractivity contribution in [2.45, 2.75) is 19.1 Å². The molecule has 0 N–H and O–H groups in total. The number of nitrogens with zero attached hydrogens (tertiary/aromatic N) is 4. The van der Waals surface area contributed by atoms with Crippen molar-refractivity contribution in [2.24, 2.45) is 0 Å². The lowest BCUT2D eigenvalue weighted by molar-refractivity contribution is 0.00432. The highest BCUT2D eigenvalue weighted by Crippen LogP contribution is 2.38. The molecular weight excluding hydrogens is 548 g/mol. The molecule has 7 rings (SSSR count). The van der Waals surface area contributed by atoms with E-state index in [1.165, 1.54) is 16.2 Å². The number of amides is 4. The van der Waals surface area contributed by atoms with Crippen LogP contribution in [0.4, 0.5) is 0 Å². The molecule has 41 heavy (non-hydrogen) atoms. The van der Waals surface area contributed by atoms with Gasteiger partial charge < -0.3 is 18.8 Å². The van der Waals surface area contributed by atoms with Crippen molar-refractivity contribution in [1.29, 1.82) is 0 Å². The Morgan fingerprint density at radius 3 is 2.05 bits per heavy atom. The molecule has 2 aromatic carbocycles. The Morgan fingerprint density at radius 1 is 0.829 bits per heavy atom. The van der Waals surface area contributed by atoms with Gasteiger partial charge in [0.25, 0.3) is 23.6 Å². The van der Waals surface area contributed by atoms with E-state index in [4.69, 9.17) is 14.2 Å². The van der Waals surface area contributed by atoms with Crippen molar-refractivity contribution in [3.8, 4) is 11.5 Å². The van der Waals surface area contributed by atoms with Crippen LogP contribution in [0.25, 0.3) is 10.8 Å². The summed E-state index contributed by atoms with van der Waals surface area (Å²) in [6.45, 7) is 1.60. The number of hydrogen-bond donors (Lipinski definition) is 0. The standard InChI is InChI=1S/C29H24N4O7S/c34-26-18-2-4-20-25-21(5-3-19(24(18)25)27(35)32(26)8-1-7-31-9-6-30-16-31)29(37)33(28(20)36)10-11-38-12-17-13-39-22-14-41-15-23(22)40-17/h2-6,9,14-17H,1,7-8,10-13H2. The number of aromatic nitrogens is 2. The molecular formula is C29H24N4O7S. The van der Waals surface area contributed by atoms with Gasteiger partial charge in [0, 0.05) is 69.3 Å². The van der Waals surface area contributed by atoms with Gasteiger partial charge in [0.05, 0.1) is 26.1 Å². The van der Waals surface area contributed by atoms with Crippen LogP contribution in [0.5, 0.6) is 11.5 Å². The van der Waals surface area contributed by atoms with Crippen molar-refractivity contribution < 1.29 is 33.4 Å². The number of carbonyl (C=O) groups excluding carboxylic acids is 4. The average molecular weight is 573 g/mol. The topological polar surface area (TPSA) is 120 Å². The van der Waals surface area contributed by atoms with Crippen LogP contribution >= 0.6 is 11.3 Å². The number of ether oxygens (including phenoxy) is 3. The van der Waals surface area contributed by atoms with Gasteiger partial charge in [-0.1, -0.05) is 0 Å². The third-order valence-corrected chi connectivity index (χ3v) is 8.19. The van der Waals surface area contributed by atoms with Gasteiger partial charge in [0.2, 0.25) is 0 Å². The van der Waals surface area contributed by atoms with Gasteiger partial charge in [-0.05, 0) is 30.7 Å². The molecule has 1 atom stereocenters. The number of rotatable bonds is 9. The van der Waals surface area contributed by atoms with Crippen molar-refractivity contribution in [3.63, 3.8) is 0 Å². The number of carbonyl (C=O) groups is 4. The SMILES string of the molecule is O=C1c2ccc3c4c(ccc(c24)C(=O)N1CCCn1ccnc1)C(=O)N(CCOCC1COc2cscc2O1)C3=O. The minimum atomic E-state index is -0.488. The first kappa shape index (κ1) is 25.4. The zero-order valence-corrected chi connectivity index (χ0v) is 22.6. The average Bonchev–Trinajstić information content (AvgIpc) is 3.68. The smallest absolute Gasteiger partial charge is 0.261 e. The minimum Gasteiger partial charge on any atom is -0.485 e. The van der Waals surface area contributed by atoms with Crippen LogP contribution in [-0.4, -0.2) is 82.0 Å². The maximum Gasteiger partial charge on any atom is 0.261 e. The first-order valence-electron chi connectivity index (χ1n) is 13.2. The second-order valence-electron chi connectivity index (χ2n) is 9.98. The van der Waals surface area contributed by atoms with Crippen LogP contribution < -0.4 is 9.47 Å². The van der Waals surface area contributed by atoms with E-state index >= 15 is 0 Å². The van der Waals surface area contributed by atoms with Crippen LogP contribution in [0.2, 0.25) is 0 Å². The normalized spacial score (nSPS) is 17.6. The summed E-state index contributed by atoms with van der Waals surface area (Å²) >= 11 is 1.49. The Bertz CT molecular complexity index is 1640. The highest BCUT2D eigenvalue weighted by molar-refractivity contribution is 7.08. The predicted molar refractivity (Wildman–Crippen MR) is 147 cm³/mol. The summed E-state index contributed by atoms with van der Waals surface area (Å²) in [4.78, 5) is 60.1. The van der Waals surface area contributed by atoms with Crippen molar-refractivity contribution in [3.05, 3.63) is 76.0 Å². The maximum atomic E-state index is 13.4. The number of fused-ring (bicyclic) bond motifs is 1. The Kier molecular flexibility index (Phi) is 6.28. The van der Waals surface area contributed by atoms with E-state index in [-0.39, 0.29) is 43.5 Å². The number of thiophene rings is 1. The Labute approximate surface area is 237 Å². The van der Waals surface area contributed by atoms with Crippen molar-refractivity contribution in [1.82, 2.24) is 19.4 Å². The van der Waals surface area contributed by atoms with Gasteiger partial charge in [-0.2, -0.15) is 0 Å². The number of imidazole rings is 1. The summed E-state index contributed by atoms with van der Waals surface area (Å²) in [7, 11) is 0. The fraction of sp³-hybridized carbons (Fsp3) is 0.276. The fourth-order valence-electron chi connectivity index (χ4n) is 5.52. The fourth-order valence-corrected chi connectivity index (χ4v) is 6.20. The molecule has 0 fully saturated rings. The van der Waals surface area contributed by atoms with Crippen molar-refractivity contribution >= 4 is 45.7 Å². The minimum absolute atomic E-state index is 0.0436. The quantitative estimate of drug-likeness (QED) is 0.222. The Balaban J connectivity index is 1.07. The Morgan fingerprint density at radius 2 is 1.44 bits per heavy atom. The molecule has 3 aliphatic rings. The molecule has 2 aromatic heterocycles. The summed E-state index contributed by atoms with van der Waals surface area (Å²) in [6.07, 6.45) is 5.44. The number of benzene rings is 2. The highest BCUT2D eigenvalue weighted by atomic mass is 32.1. The van der Waals surface area contributed by atoms with Crippen LogP contribution in [0.15, 0.2) is 53.7 Å². The van der Waals surface area contributed by atoms with Crippen LogP contribution in [0.1, 0.15) is 47.9 Å². The van der Waals surface area contributed by atoms with Crippen LogP contribution in [-0.2, 0) is 11.3 Å². The summed E-state index contributed by atoms with van der Waals surface area (Å²) < 4.78 is 19.1. The molecule has 5 heterocycles. The second-order valence-corrected chi connectivity index (χ2v) is 10.7. The lowest BCUT2D eigenvalue weighted by Gasteiger charge is -2.32. The first-order valence-corrected chi connectivity index (χ1v) is 14.2. The zero-order chi connectivity index (χ0) is 28.1. The van der Waals surface area contributed by atoms with E-state index in [1.807, 2.05) is 21.5 Å². The molecule has 0 radical (unpaired) electrons. The van der Waals surface area contributed by atoms with Gasteiger partial charge in [-0.25, -0.2) is 4.98 Å². The molecule has 0 aliphatic carbocycles. The molecule has 0 bridgehead atoms. The number of imide groups is 2. The maximum absolute atomic E-state index is 13.4. The largest absolute Gasteiger partial charge is 0.485 e. The molecule has 4 aromatic rings. The molecule has 0 saturated heterocycles. The van der Waals surface area contributed by atoms with E-state index < -0.39 is 23.6 Å². The van der Waals surface area contributed by atoms with E-state index in [2.05, 4.69) is 4.98 Å². The molecule has 0 spiro atoms. The first-order chi connectivity index (χ1) is 20.0. The summed E-state index contributed by atoms with van der Waals surface area (Å²) in [5.74, 6) is -0.443. The zero-order valence-electron chi connectivity index (χ0n) is 21.8. The summed E-state index contributed by atoms with van der Waals surface area (Å²) in [5.41, 5.74) is 1.18. The number of aryl methyl sites for hydroxylation is 1. The summed E-state index contributed by atoms with van der Waals surface area (Å²) in [6, 6.07) is 6.28. The highest BCUT2D eigenvalue weighted by Gasteiger charge is 2.39. The third-order valence-electron chi connectivity index (χ3n) is 7.49. The molecule has 3 aliphatic heterocycles. The van der Waals surface area contributed by atoms with Gasteiger partial charge in [0.1, 0.15) is 6.61 Å². The third kappa shape index (κ3) is 4.26. The monoisotopic (exact) mass is 572 g/mol. The lowest BCUT2D eigenvalue weighted by Crippen LogP contribution is -2.44. The second kappa shape index (κ2) is 10.1. The number of hydrogen-bond acceptors (Lipinski definition) is 9. The molecule has 11 nitrogen and oxygen atoms in total. The van der Waals surface area contributed by atoms with Gasteiger partial charge >= 0.3 is 0 Å². The molecule has 12 heteroatoms. The molecule has 0 saturated carbocycles. The van der Waals surface area contributed by atoms with Gasteiger partial charge in [-0.15, -0.1) is 11.3 Å². The van der Waals surface area contributed by atoms with Gasteiger partial charge in [-0.3, -0.25) is 29.0 Å². The molecule has 1 unspecified atom stereocenters. The summed E-state index contributed by atoms with van der Waals surface area (Å²) in [5, 5.41) is 4.45. The van der Waals surface area contributed by atoms with E-state index in [9.17, 15) is 19.2 Å². The van der Waals surface area contributed by atoms with E-state index in [0.717, 1.165) is 10.6 Å². The van der Waals surface area contributed by atoms with E-state index in [1.54, 1.807) is 36.8 Å². The van der Waals surface area contributed by atoms with Gasteiger partial charge in [0.15, 0.2) is 17.6 Å². The van der Waals surface area contributed by atoms with Crippen LogP contribution in [0.3, 0.4) is 0 Å². The van der Waals surface area contributed by atoms with Crippen LogP contribution in [0, 0.1) is 0 Å². The predicted octanol–water partition coefficient (Wildman–Crippen LogP) is 3.24. The molecule has 208 valence electrons. The molecule has 4 amide bonds. The van der Waals surface area contributed by atoms with E-state index in [0.29, 0.717) is 47.2 Å². The lowest BCUT2D eigenvalue weighted by atomic mass is 9.86. The van der Waals surface area contributed by atoms with Crippen molar-refractivity contribution in [2.75, 3.05) is 32.9 Å².